The maximum Gasteiger partial charge on any atom is 0.218 e. The molecule has 72 valence electrons. The topological polar surface area (TPSA) is 50.9 Å². The maximum absolute atomic E-state index is 9.62. The Morgan fingerprint density at radius 3 is 2.50 bits per heavy atom. The van der Waals surface area contributed by atoms with E-state index >= 15 is 0 Å². The van der Waals surface area contributed by atoms with Gasteiger partial charge in [0.25, 0.3) is 0 Å². The normalized spacial score (nSPS) is 10.4. The Bertz CT molecular complexity index is 445. The third kappa shape index (κ3) is 1.35. The highest BCUT2D eigenvalue weighted by Gasteiger charge is 2.07. The van der Waals surface area contributed by atoms with Crippen LogP contribution >= 0.6 is 0 Å². The zero-order valence-electron chi connectivity index (χ0n) is 8.10. The van der Waals surface area contributed by atoms with Gasteiger partial charge in [0.2, 0.25) is 5.88 Å². The van der Waals surface area contributed by atoms with Gasteiger partial charge in [0.1, 0.15) is 0 Å². The number of aromatic nitrogens is 3. The monoisotopic (exact) mass is 189 g/mol. The van der Waals surface area contributed by atoms with Crippen LogP contribution in [0.2, 0.25) is 0 Å². The van der Waals surface area contributed by atoms with Crippen molar-refractivity contribution in [2.24, 2.45) is 0 Å². The molecule has 0 spiro atoms. The van der Waals surface area contributed by atoms with Crippen molar-refractivity contribution in [3.63, 3.8) is 0 Å². The minimum atomic E-state index is 0.140. The Balaban J connectivity index is 2.49. The second-order valence-electron chi connectivity index (χ2n) is 3.26. The smallest absolute Gasteiger partial charge is 0.218 e. The minimum absolute atomic E-state index is 0.140. The predicted octanol–water partition coefficient (Wildman–Crippen LogP) is 1.59. The summed E-state index contributed by atoms with van der Waals surface area (Å²) in [4.78, 5) is 4.16. The molecule has 2 aromatic rings. The first kappa shape index (κ1) is 8.74. The number of pyridine rings is 1. The van der Waals surface area contributed by atoms with Gasteiger partial charge in [-0.05, 0) is 25.5 Å². The van der Waals surface area contributed by atoms with E-state index in [1.54, 1.807) is 19.3 Å². The molecule has 4 heteroatoms. The number of rotatable bonds is 1. The van der Waals surface area contributed by atoms with E-state index in [1.165, 1.54) is 4.68 Å². The van der Waals surface area contributed by atoms with E-state index in [-0.39, 0.29) is 5.88 Å². The standard InChI is InChI=1S/C10H11N3O/c1-7-3-4-9(11-5-7)13-10(14)8(2)6-12-13/h3-6,14H,1-2H3. The van der Waals surface area contributed by atoms with Crippen LogP contribution in [0.3, 0.4) is 0 Å². The fraction of sp³-hybridized carbons (Fsp3) is 0.200. The summed E-state index contributed by atoms with van der Waals surface area (Å²) in [5, 5.41) is 13.6. The van der Waals surface area contributed by atoms with Crippen molar-refractivity contribution >= 4 is 0 Å². The SMILES string of the molecule is Cc1ccc(-n2ncc(C)c2O)nc1. The molecule has 4 nitrogen and oxygen atoms in total. The van der Waals surface area contributed by atoms with Gasteiger partial charge in [-0.2, -0.15) is 9.78 Å². The molecule has 14 heavy (non-hydrogen) atoms. The lowest BCUT2D eigenvalue weighted by Crippen LogP contribution is -1.98. The molecule has 0 atom stereocenters. The summed E-state index contributed by atoms with van der Waals surface area (Å²) in [6.45, 7) is 3.76. The molecule has 2 heterocycles. The second kappa shape index (κ2) is 3.14. The molecule has 2 aromatic heterocycles. The molecule has 0 radical (unpaired) electrons. The number of nitrogens with zero attached hydrogens (tertiary/aromatic N) is 3. The fourth-order valence-corrected chi connectivity index (χ4v) is 1.18. The number of hydrogen-bond donors (Lipinski definition) is 1. The van der Waals surface area contributed by atoms with E-state index in [9.17, 15) is 5.11 Å². The van der Waals surface area contributed by atoms with Gasteiger partial charge in [0.05, 0.1) is 6.20 Å². The predicted molar refractivity (Wildman–Crippen MR) is 52.5 cm³/mol. The van der Waals surface area contributed by atoms with Crippen LogP contribution in [0.25, 0.3) is 5.82 Å². The van der Waals surface area contributed by atoms with Crippen molar-refractivity contribution in [3.8, 4) is 11.7 Å². The summed E-state index contributed by atoms with van der Waals surface area (Å²) in [7, 11) is 0. The van der Waals surface area contributed by atoms with Crippen LogP contribution in [-0.2, 0) is 0 Å². The highest BCUT2D eigenvalue weighted by Crippen LogP contribution is 2.18. The van der Waals surface area contributed by atoms with Gasteiger partial charge in [0.15, 0.2) is 5.82 Å². The molecule has 0 aliphatic heterocycles. The Morgan fingerprint density at radius 2 is 2.00 bits per heavy atom. The first-order valence-corrected chi connectivity index (χ1v) is 4.35. The number of hydrogen-bond acceptors (Lipinski definition) is 3. The molecule has 0 saturated heterocycles. The van der Waals surface area contributed by atoms with E-state index in [0.29, 0.717) is 5.82 Å². The van der Waals surface area contributed by atoms with Gasteiger partial charge in [-0.25, -0.2) is 4.98 Å². The zero-order chi connectivity index (χ0) is 10.1. The Kier molecular flexibility index (Phi) is 1.96. The van der Waals surface area contributed by atoms with Crippen LogP contribution in [0.5, 0.6) is 5.88 Å². The van der Waals surface area contributed by atoms with Crippen molar-refractivity contribution in [1.82, 2.24) is 14.8 Å². The fourth-order valence-electron chi connectivity index (χ4n) is 1.18. The molecule has 0 amide bonds. The maximum atomic E-state index is 9.62. The third-order valence-corrected chi connectivity index (χ3v) is 2.03. The lowest BCUT2D eigenvalue weighted by molar-refractivity contribution is 0.428. The van der Waals surface area contributed by atoms with Gasteiger partial charge in [-0.1, -0.05) is 6.07 Å². The summed E-state index contributed by atoms with van der Waals surface area (Å²) in [5.74, 6) is 0.766. The van der Waals surface area contributed by atoms with Crippen molar-refractivity contribution in [2.45, 2.75) is 13.8 Å². The van der Waals surface area contributed by atoms with Crippen LogP contribution in [0, 0.1) is 13.8 Å². The Labute approximate surface area is 81.8 Å². The van der Waals surface area contributed by atoms with E-state index in [0.717, 1.165) is 11.1 Å². The molecule has 0 saturated carbocycles. The van der Waals surface area contributed by atoms with Crippen LogP contribution < -0.4 is 0 Å². The van der Waals surface area contributed by atoms with Crippen LogP contribution in [0.15, 0.2) is 24.5 Å². The molecule has 2 rings (SSSR count). The van der Waals surface area contributed by atoms with E-state index < -0.39 is 0 Å². The Hall–Kier alpha value is -1.84. The van der Waals surface area contributed by atoms with Gasteiger partial charge in [-0.3, -0.25) is 0 Å². The molecular formula is C10H11N3O. The summed E-state index contributed by atoms with van der Waals surface area (Å²) >= 11 is 0. The average Bonchev–Trinajstić information content (AvgIpc) is 2.50. The molecule has 0 aliphatic rings. The molecular weight excluding hydrogens is 178 g/mol. The van der Waals surface area contributed by atoms with Crippen molar-refractivity contribution < 1.29 is 5.11 Å². The highest BCUT2D eigenvalue weighted by atomic mass is 16.3. The molecule has 0 aromatic carbocycles. The second-order valence-corrected chi connectivity index (χ2v) is 3.26. The number of aromatic hydroxyl groups is 1. The van der Waals surface area contributed by atoms with E-state index in [2.05, 4.69) is 10.1 Å². The molecule has 0 fully saturated rings. The Morgan fingerprint density at radius 1 is 1.21 bits per heavy atom. The van der Waals surface area contributed by atoms with Crippen LogP contribution in [-0.4, -0.2) is 19.9 Å². The first-order chi connectivity index (χ1) is 6.68. The van der Waals surface area contributed by atoms with Gasteiger partial charge < -0.3 is 5.11 Å². The van der Waals surface area contributed by atoms with E-state index in [1.807, 2.05) is 19.1 Å². The van der Waals surface area contributed by atoms with Crippen molar-refractivity contribution in [3.05, 3.63) is 35.7 Å². The lowest BCUT2D eigenvalue weighted by Gasteiger charge is -2.01. The third-order valence-electron chi connectivity index (χ3n) is 2.03. The van der Waals surface area contributed by atoms with Crippen molar-refractivity contribution in [1.29, 1.82) is 0 Å². The van der Waals surface area contributed by atoms with Crippen LogP contribution in [0.1, 0.15) is 11.1 Å². The van der Waals surface area contributed by atoms with E-state index in [4.69, 9.17) is 0 Å². The quantitative estimate of drug-likeness (QED) is 0.741. The molecule has 1 N–H and O–H groups in total. The number of aryl methyl sites for hydroxylation is 2. The van der Waals surface area contributed by atoms with Gasteiger partial charge >= 0.3 is 0 Å². The molecule has 0 bridgehead atoms. The highest BCUT2D eigenvalue weighted by molar-refractivity contribution is 5.32. The van der Waals surface area contributed by atoms with Gasteiger partial charge in [0, 0.05) is 11.8 Å². The molecule has 0 unspecified atom stereocenters. The van der Waals surface area contributed by atoms with Crippen molar-refractivity contribution in [2.75, 3.05) is 0 Å². The lowest BCUT2D eigenvalue weighted by atomic mass is 10.3. The van der Waals surface area contributed by atoms with Gasteiger partial charge in [-0.15, -0.1) is 0 Å². The summed E-state index contributed by atoms with van der Waals surface area (Å²) in [6.07, 6.45) is 3.35. The zero-order valence-corrected chi connectivity index (χ0v) is 8.10. The first-order valence-electron chi connectivity index (χ1n) is 4.35. The summed E-state index contributed by atoms with van der Waals surface area (Å²) in [5.41, 5.74) is 1.82. The largest absolute Gasteiger partial charge is 0.493 e. The minimum Gasteiger partial charge on any atom is -0.493 e. The molecule has 0 aliphatic carbocycles. The average molecular weight is 189 g/mol. The summed E-state index contributed by atoms with van der Waals surface area (Å²) < 4.78 is 1.41. The summed E-state index contributed by atoms with van der Waals surface area (Å²) in [6, 6.07) is 3.75. The van der Waals surface area contributed by atoms with Crippen LogP contribution in [0.4, 0.5) is 0 Å².